The van der Waals surface area contributed by atoms with Crippen molar-refractivity contribution in [1.82, 2.24) is 4.90 Å². The summed E-state index contributed by atoms with van der Waals surface area (Å²) in [4.78, 5) is 16.7. The Kier molecular flexibility index (Phi) is 5.71. The van der Waals surface area contributed by atoms with Gasteiger partial charge in [-0.3, -0.25) is 4.79 Å². The third-order valence-corrected chi connectivity index (χ3v) is 5.17. The first-order valence-corrected chi connectivity index (χ1v) is 8.94. The number of methoxy groups -OCH3 is 1. The van der Waals surface area contributed by atoms with Crippen LogP contribution in [0.4, 0.5) is 5.69 Å². The molecule has 0 aromatic heterocycles. The monoisotopic (exact) mass is 378 g/mol. The van der Waals surface area contributed by atoms with E-state index in [1.165, 1.54) is 0 Å². The van der Waals surface area contributed by atoms with Crippen molar-refractivity contribution in [3.05, 3.63) is 58.1 Å². The summed E-state index contributed by atoms with van der Waals surface area (Å²) >= 11 is 12.3. The van der Waals surface area contributed by atoms with E-state index < -0.39 is 0 Å². The van der Waals surface area contributed by atoms with Gasteiger partial charge in [0.1, 0.15) is 5.75 Å². The van der Waals surface area contributed by atoms with Crippen LogP contribution in [0.5, 0.6) is 5.75 Å². The van der Waals surface area contributed by atoms with Crippen LogP contribution in [0.25, 0.3) is 0 Å². The lowest BCUT2D eigenvalue weighted by Gasteiger charge is -2.36. The van der Waals surface area contributed by atoms with E-state index in [9.17, 15) is 4.79 Å². The topological polar surface area (TPSA) is 32.8 Å². The van der Waals surface area contributed by atoms with Gasteiger partial charge in [0.15, 0.2) is 0 Å². The van der Waals surface area contributed by atoms with Gasteiger partial charge in [-0.1, -0.05) is 29.3 Å². The molecular formula is C19H20Cl2N2O2. The number of rotatable bonds is 4. The third kappa shape index (κ3) is 4.20. The smallest absolute Gasteiger partial charge is 0.227 e. The fourth-order valence-electron chi connectivity index (χ4n) is 2.97. The summed E-state index contributed by atoms with van der Waals surface area (Å²) in [6.45, 7) is 2.97. The minimum absolute atomic E-state index is 0.0596. The Labute approximate surface area is 157 Å². The molecule has 0 bridgehead atoms. The second-order valence-corrected chi connectivity index (χ2v) is 6.76. The summed E-state index contributed by atoms with van der Waals surface area (Å²) in [6.07, 6.45) is 0.237. The molecule has 0 radical (unpaired) electrons. The lowest BCUT2D eigenvalue weighted by Crippen LogP contribution is -2.49. The van der Waals surface area contributed by atoms with Crippen LogP contribution in [0.3, 0.4) is 0 Å². The van der Waals surface area contributed by atoms with E-state index in [4.69, 9.17) is 27.9 Å². The number of halogens is 2. The number of amides is 1. The zero-order chi connectivity index (χ0) is 17.8. The molecule has 2 aromatic carbocycles. The molecule has 1 heterocycles. The summed E-state index contributed by atoms with van der Waals surface area (Å²) in [7, 11) is 1.66. The van der Waals surface area contributed by atoms with Gasteiger partial charge < -0.3 is 14.5 Å². The molecule has 0 aliphatic carbocycles. The number of hydrogen-bond acceptors (Lipinski definition) is 3. The van der Waals surface area contributed by atoms with Crippen molar-refractivity contribution in [2.45, 2.75) is 6.42 Å². The highest BCUT2D eigenvalue weighted by Gasteiger charge is 2.22. The SMILES string of the molecule is COc1ccc(N2CCN(C(=O)Cc3c(Cl)cccc3Cl)CC2)cc1. The van der Waals surface area contributed by atoms with Crippen LogP contribution < -0.4 is 9.64 Å². The van der Waals surface area contributed by atoms with Crippen molar-refractivity contribution < 1.29 is 9.53 Å². The Balaban J connectivity index is 1.59. The Morgan fingerprint density at radius 1 is 1.00 bits per heavy atom. The molecule has 3 rings (SSSR count). The molecule has 1 aliphatic heterocycles. The lowest BCUT2D eigenvalue weighted by molar-refractivity contribution is -0.130. The Hall–Kier alpha value is -1.91. The highest BCUT2D eigenvalue weighted by molar-refractivity contribution is 6.36. The van der Waals surface area contributed by atoms with Gasteiger partial charge in [0.25, 0.3) is 0 Å². The molecule has 25 heavy (non-hydrogen) atoms. The largest absolute Gasteiger partial charge is 0.497 e. The molecule has 0 spiro atoms. The second kappa shape index (κ2) is 7.98. The first-order chi connectivity index (χ1) is 12.1. The van der Waals surface area contributed by atoms with Crippen LogP contribution in [0.15, 0.2) is 42.5 Å². The van der Waals surface area contributed by atoms with Gasteiger partial charge in [0.2, 0.25) is 5.91 Å². The second-order valence-electron chi connectivity index (χ2n) is 5.94. The van der Waals surface area contributed by atoms with Crippen LogP contribution in [0.1, 0.15) is 5.56 Å². The number of anilines is 1. The number of piperazine rings is 1. The van der Waals surface area contributed by atoms with Gasteiger partial charge in [-0.25, -0.2) is 0 Å². The Morgan fingerprint density at radius 2 is 1.60 bits per heavy atom. The van der Waals surface area contributed by atoms with Crippen molar-refractivity contribution in [3.8, 4) is 5.75 Å². The summed E-state index contributed by atoms with van der Waals surface area (Å²) in [5, 5.41) is 1.08. The quantitative estimate of drug-likeness (QED) is 0.808. The number of nitrogens with zero attached hydrogens (tertiary/aromatic N) is 2. The third-order valence-electron chi connectivity index (χ3n) is 4.46. The van der Waals surface area contributed by atoms with Crippen molar-refractivity contribution in [3.63, 3.8) is 0 Å². The molecule has 1 saturated heterocycles. The summed E-state index contributed by atoms with van der Waals surface area (Å²) in [6, 6.07) is 13.3. The average Bonchev–Trinajstić information content (AvgIpc) is 2.65. The zero-order valence-corrected chi connectivity index (χ0v) is 15.6. The molecule has 6 heteroatoms. The van der Waals surface area contributed by atoms with E-state index in [1.54, 1.807) is 25.3 Å². The zero-order valence-electron chi connectivity index (χ0n) is 14.0. The van der Waals surface area contributed by atoms with Crippen molar-refractivity contribution in [2.75, 3.05) is 38.2 Å². The highest BCUT2D eigenvalue weighted by atomic mass is 35.5. The maximum atomic E-state index is 12.6. The molecule has 132 valence electrons. The van der Waals surface area contributed by atoms with Gasteiger partial charge in [-0.05, 0) is 42.0 Å². The van der Waals surface area contributed by atoms with Crippen LogP contribution in [0, 0.1) is 0 Å². The summed E-state index contributed by atoms with van der Waals surface area (Å²) in [5.74, 6) is 0.901. The highest BCUT2D eigenvalue weighted by Crippen LogP contribution is 2.26. The summed E-state index contributed by atoms with van der Waals surface area (Å²) < 4.78 is 5.19. The van der Waals surface area contributed by atoms with E-state index in [0.717, 1.165) is 24.5 Å². The first kappa shape index (κ1) is 17.9. The number of carbonyl (C=O) groups excluding carboxylic acids is 1. The molecule has 1 amide bonds. The average molecular weight is 379 g/mol. The summed E-state index contributed by atoms with van der Waals surface area (Å²) in [5.41, 5.74) is 1.84. The minimum Gasteiger partial charge on any atom is -0.497 e. The predicted octanol–water partition coefficient (Wildman–Crippen LogP) is 3.89. The van der Waals surface area contributed by atoms with Crippen LogP contribution in [-0.4, -0.2) is 44.1 Å². The molecule has 1 fully saturated rings. The van der Waals surface area contributed by atoms with Crippen LogP contribution >= 0.6 is 23.2 Å². The van der Waals surface area contributed by atoms with Crippen molar-refractivity contribution >= 4 is 34.8 Å². The molecule has 0 atom stereocenters. The van der Waals surface area contributed by atoms with Gasteiger partial charge in [0.05, 0.1) is 13.5 Å². The van der Waals surface area contributed by atoms with E-state index >= 15 is 0 Å². The number of hydrogen-bond donors (Lipinski definition) is 0. The number of ether oxygens (including phenoxy) is 1. The molecule has 0 unspecified atom stereocenters. The molecule has 1 aliphatic rings. The van der Waals surface area contributed by atoms with E-state index in [0.29, 0.717) is 28.7 Å². The van der Waals surface area contributed by atoms with Crippen LogP contribution in [0.2, 0.25) is 10.0 Å². The van der Waals surface area contributed by atoms with E-state index in [-0.39, 0.29) is 12.3 Å². The maximum Gasteiger partial charge on any atom is 0.227 e. The normalized spacial score (nSPS) is 14.5. The first-order valence-electron chi connectivity index (χ1n) is 8.18. The predicted molar refractivity (Wildman–Crippen MR) is 102 cm³/mol. The molecular weight excluding hydrogens is 359 g/mol. The Bertz CT molecular complexity index is 721. The maximum absolute atomic E-state index is 12.6. The van der Waals surface area contributed by atoms with E-state index in [1.807, 2.05) is 29.2 Å². The van der Waals surface area contributed by atoms with Crippen LogP contribution in [-0.2, 0) is 11.2 Å². The molecule has 0 N–H and O–H groups in total. The van der Waals surface area contributed by atoms with Gasteiger partial charge >= 0.3 is 0 Å². The molecule has 4 nitrogen and oxygen atoms in total. The van der Waals surface area contributed by atoms with Crippen molar-refractivity contribution in [2.24, 2.45) is 0 Å². The standard InChI is InChI=1S/C19H20Cl2N2O2/c1-25-15-7-5-14(6-8-15)22-9-11-23(12-10-22)19(24)13-16-17(20)3-2-4-18(16)21/h2-8H,9-13H2,1H3. The number of benzene rings is 2. The van der Waals surface area contributed by atoms with Gasteiger partial charge in [0, 0.05) is 41.9 Å². The number of carbonyl (C=O) groups is 1. The fourth-order valence-corrected chi connectivity index (χ4v) is 3.50. The molecule has 2 aromatic rings. The molecule has 0 saturated carbocycles. The lowest BCUT2D eigenvalue weighted by atomic mass is 10.1. The van der Waals surface area contributed by atoms with Crippen molar-refractivity contribution in [1.29, 1.82) is 0 Å². The van der Waals surface area contributed by atoms with Gasteiger partial charge in [-0.2, -0.15) is 0 Å². The van der Waals surface area contributed by atoms with E-state index in [2.05, 4.69) is 4.90 Å². The minimum atomic E-state index is 0.0596. The Morgan fingerprint density at radius 3 is 2.16 bits per heavy atom. The van der Waals surface area contributed by atoms with Gasteiger partial charge in [-0.15, -0.1) is 0 Å². The fraction of sp³-hybridized carbons (Fsp3) is 0.316.